The number of hydrogen-bond acceptors (Lipinski definition) is 4. The summed E-state index contributed by atoms with van der Waals surface area (Å²) in [5, 5.41) is 0.529. The fourth-order valence-corrected chi connectivity index (χ4v) is 4.19. The van der Waals surface area contributed by atoms with E-state index < -0.39 is 0 Å². The fraction of sp³-hybridized carbons (Fsp3) is 0.375. The summed E-state index contributed by atoms with van der Waals surface area (Å²) >= 11 is 5.20. The van der Waals surface area contributed by atoms with Gasteiger partial charge in [-0.3, -0.25) is 19.1 Å². The molecular formula is C24H28N4O2S. The highest BCUT2D eigenvalue weighted by molar-refractivity contribution is 7.71. The molecule has 2 aromatic carbocycles. The molecule has 0 radical (unpaired) electrons. The Hall–Kier alpha value is -2.77. The largest absolute Gasteiger partial charge is 0.336 e. The van der Waals surface area contributed by atoms with Crippen molar-refractivity contribution in [2.24, 2.45) is 7.05 Å². The predicted octanol–water partition coefficient (Wildman–Crippen LogP) is 3.68. The summed E-state index contributed by atoms with van der Waals surface area (Å²) in [6, 6.07) is 14.0. The van der Waals surface area contributed by atoms with Gasteiger partial charge in [0.25, 0.3) is 11.5 Å². The van der Waals surface area contributed by atoms with Gasteiger partial charge in [-0.15, -0.1) is 0 Å². The maximum Gasteiger partial charge on any atom is 0.261 e. The number of hydrogen-bond donors (Lipinski definition) is 1. The smallest absolute Gasteiger partial charge is 0.261 e. The molecule has 1 aliphatic rings. The van der Waals surface area contributed by atoms with E-state index in [2.05, 4.69) is 48.0 Å². The molecule has 1 N–H and O–H groups in total. The lowest BCUT2D eigenvalue weighted by atomic mass is 10.0. The highest BCUT2D eigenvalue weighted by Gasteiger charge is 2.22. The number of rotatable bonds is 4. The first-order valence-corrected chi connectivity index (χ1v) is 11.1. The van der Waals surface area contributed by atoms with Crippen molar-refractivity contribution in [2.75, 3.05) is 26.2 Å². The standard InChI is InChI=1S/C24H28N4O2S/c1-16(2)18-6-4-17(5-7-18)15-27-10-12-28(13-11-27)22(29)19-8-9-20-21(14-19)25-24(31)26(3)23(20)30/h4-9,14,16H,10-13,15H2,1-3H3,(H,25,31). The molecule has 1 fully saturated rings. The zero-order valence-electron chi connectivity index (χ0n) is 18.2. The van der Waals surface area contributed by atoms with E-state index in [1.54, 1.807) is 25.2 Å². The lowest BCUT2D eigenvalue weighted by Gasteiger charge is -2.35. The summed E-state index contributed by atoms with van der Waals surface area (Å²) in [6.07, 6.45) is 0. The van der Waals surface area contributed by atoms with Gasteiger partial charge in [-0.05, 0) is 47.5 Å². The molecule has 1 aliphatic heterocycles. The fourth-order valence-electron chi connectivity index (χ4n) is 4.00. The molecule has 1 amide bonds. The van der Waals surface area contributed by atoms with Crippen LogP contribution in [0, 0.1) is 4.77 Å². The van der Waals surface area contributed by atoms with Crippen molar-refractivity contribution in [3.8, 4) is 0 Å². The quantitative estimate of drug-likeness (QED) is 0.634. The molecule has 0 saturated carbocycles. The number of carbonyl (C=O) groups excluding carboxylic acids is 1. The topological polar surface area (TPSA) is 61.3 Å². The lowest BCUT2D eigenvalue weighted by Crippen LogP contribution is -2.48. The molecular weight excluding hydrogens is 408 g/mol. The van der Waals surface area contributed by atoms with Gasteiger partial charge in [-0.1, -0.05) is 38.1 Å². The van der Waals surface area contributed by atoms with Crippen LogP contribution in [-0.2, 0) is 13.6 Å². The zero-order chi connectivity index (χ0) is 22.1. The van der Waals surface area contributed by atoms with Gasteiger partial charge in [0.15, 0.2) is 4.77 Å². The molecule has 7 heteroatoms. The van der Waals surface area contributed by atoms with Gasteiger partial charge in [0.1, 0.15) is 0 Å². The van der Waals surface area contributed by atoms with Crippen LogP contribution in [0.3, 0.4) is 0 Å². The zero-order valence-corrected chi connectivity index (χ0v) is 19.0. The summed E-state index contributed by atoms with van der Waals surface area (Å²) in [6.45, 7) is 8.36. The van der Waals surface area contributed by atoms with Gasteiger partial charge >= 0.3 is 0 Å². The summed E-state index contributed by atoms with van der Waals surface area (Å²) in [7, 11) is 1.64. The van der Waals surface area contributed by atoms with E-state index >= 15 is 0 Å². The molecule has 1 aromatic heterocycles. The van der Waals surface area contributed by atoms with Gasteiger partial charge in [0.05, 0.1) is 10.9 Å². The maximum absolute atomic E-state index is 13.0. The highest BCUT2D eigenvalue weighted by Crippen LogP contribution is 2.18. The summed E-state index contributed by atoms with van der Waals surface area (Å²) < 4.78 is 1.74. The van der Waals surface area contributed by atoms with Crippen LogP contribution in [0.1, 0.15) is 41.3 Å². The second kappa shape index (κ2) is 8.77. The number of nitrogens with one attached hydrogen (secondary N) is 1. The number of aromatic nitrogens is 2. The molecule has 0 aliphatic carbocycles. The predicted molar refractivity (Wildman–Crippen MR) is 126 cm³/mol. The van der Waals surface area contributed by atoms with Gasteiger partial charge < -0.3 is 9.88 Å². The Morgan fingerprint density at radius 3 is 2.39 bits per heavy atom. The lowest BCUT2D eigenvalue weighted by molar-refractivity contribution is 0.0628. The maximum atomic E-state index is 13.0. The Kier molecular flexibility index (Phi) is 6.07. The molecule has 6 nitrogen and oxygen atoms in total. The van der Waals surface area contributed by atoms with Crippen LogP contribution < -0.4 is 5.56 Å². The number of benzene rings is 2. The van der Waals surface area contributed by atoms with E-state index in [1.807, 2.05) is 4.90 Å². The van der Waals surface area contributed by atoms with Crippen molar-refractivity contribution in [1.29, 1.82) is 0 Å². The Morgan fingerprint density at radius 2 is 1.74 bits per heavy atom. The first-order valence-electron chi connectivity index (χ1n) is 10.7. The molecule has 2 heterocycles. The van der Waals surface area contributed by atoms with E-state index in [0.29, 0.717) is 40.2 Å². The first-order chi connectivity index (χ1) is 14.8. The summed E-state index contributed by atoms with van der Waals surface area (Å²) in [5.74, 6) is 0.528. The van der Waals surface area contributed by atoms with Crippen molar-refractivity contribution < 1.29 is 4.79 Å². The molecule has 4 rings (SSSR count). The minimum atomic E-state index is -0.159. The van der Waals surface area contributed by atoms with Crippen LogP contribution in [0.4, 0.5) is 0 Å². The number of H-pyrrole nitrogens is 1. The summed E-state index contributed by atoms with van der Waals surface area (Å²) in [4.78, 5) is 32.7. The number of carbonyl (C=O) groups is 1. The summed E-state index contributed by atoms with van der Waals surface area (Å²) in [5.41, 5.74) is 3.67. The molecule has 0 atom stereocenters. The van der Waals surface area contributed by atoms with Gasteiger partial charge in [-0.2, -0.15) is 0 Å². The number of nitrogens with zero attached hydrogens (tertiary/aromatic N) is 3. The van der Waals surface area contributed by atoms with E-state index in [4.69, 9.17) is 12.2 Å². The number of amides is 1. The molecule has 3 aromatic rings. The van der Waals surface area contributed by atoms with Crippen molar-refractivity contribution in [2.45, 2.75) is 26.3 Å². The monoisotopic (exact) mass is 436 g/mol. The van der Waals surface area contributed by atoms with Crippen molar-refractivity contribution >= 4 is 29.0 Å². The Bertz CT molecular complexity index is 1220. The minimum absolute atomic E-state index is 0.0113. The van der Waals surface area contributed by atoms with Gasteiger partial charge in [0.2, 0.25) is 0 Å². The third kappa shape index (κ3) is 4.48. The van der Waals surface area contributed by atoms with Crippen LogP contribution in [-0.4, -0.2) is 51.4 Å². The average molecular weight is 437 g/mol. The van der Waals surface area contributed by atoms with Crippen LogP contribution in [0.25, 0.3) is 10.9 Å². The second-order valence-electron chi connectivity index (χ2n) is 8.52. The van der Waals surface area contributed by atoms with Crippen LogP contribution in [0.5, 0.6) is 0 Å². The van der Waals surface area contributed by atoms with E-state index in [-0.39, 0.29) is 11.5 Å². The van der Waals surface area contributed by atoms with E-state index in [0.717, 1.165) is 19.6 Å². The van der Waals surface area contributed by atoms with Gasteiger partial charge in [-0.25, -0.2) is 0 Å². The van der Waals surface area contributed by atoms with E-state index in [1.165, 1.54) is 15.7 Å². The van der Waals surface area contributed by atoms with E-state index in [9.17, 15) is 9.59 Å². The molecule has 0 unspecified atom stereocenters. The molecule has 0 bridgehead atoms. The van der Waals surface area contributed by atoms with Crippen LogP contribution in [0.15, 0.2) is 47.3 Å². The van der Waals surface area contributed by atoms with Crippen molar-refractivity contribution in [1.82, 2.24) is 19.4 Å². The molecule has 162 valence electrons. The third-order valence-electron chi connectivity index (χ3n) is 6.06. The Morgan fingerprint density at radius 1 is 1.06 bits per heavy atom. The SMILES string of the molecule is CC(C)c1ccc(CN2CCN(C(=O)c3ccc4c(=O)n(C)c(=S)[nH]c4c3)CC2)cc1. The second-order valence-corrected chi connectivity index (χ2v) is 8.91. The Labute approximate surface area is 187 Å². The average Bonchev–Trinajstić information content (AvgIpc) is 2.77. The molecule has 31 heavy (non-hydrogen) atoms. The normalized spacial score (nSPS) is 15.0. The van der Waals surface area contributed by atoms with Crippen molar-refractivity contribution in [3.63, 3.8) is 0 Å². The van der Waals surface area contributed by atoms with Gasteiger partial charge in [0, 0.05) is 45.3 Å². The first kappa shape index (κ1) is 21.5. The number of aromatic amines is 1. The molecule has 0 spiro atoms. The number of fused-ring (bicyclic) bond motifs is 1. The Balaban J connectivity index is 1.41. The molecule has 1 saturated heterocycles. The highest BCUT2D eigenvalue weighted by atomic mass is 32.1. The van der Waals surface area contributed by atoms with Crippen LogP contribution >= 0.6 is 12.2 Å². The number of piperazine rings is 1. The minimum Gasteiger partial charge on any atom is -0.336 e. The van der Waals surface area contributed by atoms with Crippen molar-refractivity contribution in [3.05, 3.63) is 74.3 Å². The van der Waals surface area contributed by atoms with Crippen LogP contribution in [0.2, 0.25) is 0 Å². The third-order valence-corrected chi connectivity index (χ3v) is 6.44.